The number of carbonyl (C=O) groups excluding carboxylic acids is 1. The summed E-state index contributed by atoms with van der Waals surface area (Å²) in [6.45, 7) is 4.66. The molecule has 0 rings (SSSR count). The highest BCUT2D eigenvalue weighted by molar-refractivity contribution is 7.45. The van der Waals surface area contributed by atoms with Crippen molar-refractivity contribution < 1.29 is 32.9 Å². The molecular formula is C58H113N2O6P. The molecule has 9 heteroatoms. The van der Waals surface area contributed by atoms with E-state index in [9.17, 15) is 19.4 Å². The van der Waals surface area contributed by atoms with Gasteiger partial charge in [-0.15, -0.1) is 0 Å². The Balaban J connectivity index is 4.26. The fourth-order valence-electron chi connectivity index (χ4n) is 8.52. The Kier molecular flexibility index (Phi) is 48.7. The second kappa shape index (κ2) is 49.7. The molecule has 0 aliphatic rings. The minimum Gasteiger partial charge on any atom is -0.756 e. The lowest BCUT2D eigenvalue weighted by molar-refractivity contribution is -0.870. The first kappa shape index (κ1) is 65.7. The summed E-state index contributed by atoms with van der Waals surface area (Å²) in [5, 5.41) is 13.9. The van der Waals surface area contributed by atoms with Crippen LogP contribution in [-0.2, 0) is 18.4 Å². The summed E-state index contributed by atoms with van der Waals surface area (Å²) in [6.07, 6.45) is 63.7. The second-order valence-corrected chi connectivity index (χ2v) is 22.4. The van der Waals surface area contributed by atoms with Crippen molar-refractivity contribution in [3.63, 3.8) is 0 Å². The molecule has 0 spiro atoms. The molecule has 0 aliphatic carbocycles. The van der Waals surface area contributed by atoms with E-state index in [1.54, 1.807) is 6.08 Å². The van der Waals surface area contributed by atoms with Crippen LogP contribution < -0.4 is 10.2 Å². The van der Waals surface area contributed by atoms with Crippen molar-refractivity contribution in [2.24, 2.45) is 0 Å². The lowest BCUT2D eigenvalue weighted by Crippen LogP contribution is -2.45. The number of phosphoric acid groups is 1. The molecule has 3 atom stereocenters. The maximum atomic E-state index is 12.9. The SMILES string of the molecule is CCCCCCCCCCC/C=C\CCCCCCCCCC(=O)NC(COP(=O)([O-])OCC[N+](C)(C)C)C(O)/C=C/CC/C=C/CCCCCCCCCCCCCCCCCCCCC. The van der Waals surface area contributed by atoms with E-state index in [2.05, 4.69) is 43.5 Å². The van der Waals surface area contributed by atoms with Crippen LogP contribution in [0, 0.1) is 0 Å². The van der Waals surface area contributed by atoms with Gasteiger partial charge in [-0.25, -0.2) is 0 Å². The number of carbonyl (C=O) groups is 1. The minimum atomic E-state index is -4.61. The quantitative estimate of drug-likeness (QED) is 0.0272. The first-order valence-corrected chi connectivity index (χ1v) is 30.3. The highest BCUT2D eigenvalue weighted by Crippen LogP contribution is 2.38. The van der Waals surface area contributed by atoms with Crippen LogP contribution >= 0.6 is 7.82 Å². The number of rotatable bonds is 53. The molecule has 1 amide bonds. The van der Waals surface area contributed by atoms with Crippen LogP contribution in [0.4, 0.5) is 0 Å². The van der Waals surface area contributed by atoms with Gasteiger partial charge < -0.3 is 28.8 Å². The zero-order chi connectivity index (χ0) is 49.2. The van der Waals surface area contributed by atoms with E-state index in [-0.39, 0.29) is 12.5 Å². The molecule has 0 bridgehead atoms. The molecular weight excluding hydrogens is 852 g/mol. The maximum Gasteiger partial charge on any atom is 0.268 e. The lowest BCUT2D eigenvalue weighted by Gasteiger charge is -2.29. The third-order valence-corrected chi connectivity index (χ3v) is 14.0. The molecule has 0 aliphatic heterocycles. The molecule has 0 radical (unpaired) electrons. The van der Waals surface area contributed by atoms with Crippen LogP contribution in [0.15, 0.2) is 36.5 Å². The Morgan fingerprint density at radius 3 is 1.21 bits per heavy atom. The van der Waals surface area contributed by atoms with Crippen molar-refractivity contribution in [3.8, 4) is 0 Å². The number of nitrogens with zero attached hydrogens (tertiary/aromatic N) is 1. The first-order chi connectivity index (χ1) is 32.5. The predicted molar refractivity (Wildman–Crippen MR) is 288 cm³/mol. The number of quaternary nitrogens is 1. The van der Waals surface area contributed by atoms with Gasteiger partial charge in [-0.3, -0.25) is 9.36 Å². The van der Waals surface area contributed by atoms with Crippen molar-refractivity contribution in [1.29, 1.82) is 0 Å². The number of unbranched alkanes of at least 4 members (excludes halogenated alkanes) is 36. The van der Waals surface area contributed by atoms with Crippen LogP contribution in [0.5, 0.6) is 0 Å². The molecule has 0 aromatic carbocycles. The van der Waals surface area contributed by atoms with E-state index >= 15 is 0 Å². The van der Waals surface area contributed by atoms with E-state index in [0.29, 0.717) is 17.4 Å². The Bertz CT molecular complexity index is 1190. The van der Waals surface area contributed by atoms with Crippen molar-refractivity contribution in [2.45, 2.75) is 289 Å². The summed E-state index contributed by atoms with van der Waals surface area (Å²) < 4.78 is 23.3. The van der Waals surface area contributed by atoms with E-state index in [1.165, 1.54) is 218 Å². The number of aliphatic hydroxyl groups is 1. The summed E-state index contributed by atoms with van der Waals surface area (Å²) >= 11 is 0. The van der Waals surface area contributed by atoms with Gasteiger partial charge in [0.1, 0.15) is 13.2 Å². The Hall–Kier alpha value is -1.28. The van der Waals surface area contributed by atoms with Crippen molar-refractivity contribution in [1.82, 2.24) is 5.32 Å². The largest absolute Gasteiger partial charge is 0.756 e. The molecule has 0 aromatic rings. The lowest BCUT2D eigenvalue weighted by atomic mass is 10.0. The smallest absolute Gasteiger partial charge is 0.268 e. The van der Waals surface area contributed by atoms with Crippen LogP contribution in [-0.4, -0.2) is 68.5 Å². The average Bonchev–Trinajstić information content (AvgIpc) is 3.29. The number of allylic oxidation sites excluding steroid dienone is 5. The fraction of sp³-hybridized carbons (Fsp3) is 0.879. The monoisotopic (exact) mass is 965 g/mol. The van der Waals surface area contributed by atoms with Gasteiger partial charge in [0.2, 0.25) is 5.91 Å². The normalized spacial score (nSPS) is 14.2. The van der Waals surface area contributed by atoms with E-state index in [0.717, 1.165) is 38.5 Å². The third-order valence-electron chi connectivity index (χ3n) is 13.1. The highest BCUT2D eigenvalue weighted by atomic mass is 31.2. The summed E-state index contributed by atoms with van der Waals surface area (Å²) in [6, 6.07) is -0.905. The number of phosphoric ester groups is 1. The van der Waals surface area contributed by atoms with Crippen LogP contribution in [0.25, 0.3) is 0 Å². The van der Waals surface area contributed by atoms with Crippen LogP contribution in [0.2, 0.25) is 0 Å². The minimum absolute atomic E-state index is 0.00662. The second-order valence-electron chi connectivity index (χ2n) is 21.0. The molecule has 2 N–H and O–H groups in total. The zero-order valence-corrected chi connectivity index (χ0v) is 46.0. The van der Waals surface area contributed by atoms with E-state index in [1.807, 2.05) is 27.2 Å². The Morgan fingerprint density at radius 1 is 0.507 bits per heavy atom. The van der Waals surface area contributed by atoms with E-state index < -0.39 is 26.6 Å². The molecule has 396 valence electrons. The van der Waals surface area contributed by atoms with Gasteiger partial charge in [0, 0.05) is 6.42 Å². The molecule has 67 heavy (non-hydrogen) atoms. The van der Waals surface area contributed by atoms with Gasteiger partial charge in [0.25, 0.3) is 7.82 Å². The van der Waals surface area contributed by atoms with Crippen molar-refractivity contribution in [3.05, 3.63) is 36.5 Å². The topological polar surface area (TPSA) is 108 Å². The summed E-state index contributed by atoms with van der Waals surface area (Å²) in [5.41, 5.74) is 0. The summed E-state index contributed by atoms with van der Waals surface area (Å²) in [5.74, 6) is -0.209. The standard InChI is InChI=1S/C58H113N2O6P/c1-6-8-10-12-14-16-18-20-22-24-26-28-29-30-31-32-33-35-37-39-41-43-45-47-49-51-57(61)56(55-66-67(63,64)65-54-53-60(3,4)5)59-58(62)52-50-48-46-44-42-40-38-36-34-27-25-23-21-19-17-15-13-11-9-7-2/h27,34,41,43,49,51,56-57,61H,6-26,28-33,35-40,42,44-48,50,52-55H2,1-5H3,(H-,59,62,63,64)/b34-27-,43-41+,51-49+. The average molecular weight is 966 g/mol. The molecule has 0 heterocycles. The zero-order valence-electron chi connectivity index (χ0n) is 45.1. The molecule has 8 nitrogen and oxygen atoms in total. The number of amides is 1. The molecule has 0 fully saturated rings. The van der Waals surface area contributed by atoms with Gasteiger partial charge in [-0.1, -0.05) is 249 Å². The van der Waals surface area contributed by atoms with E-state index in [4.69, 9.17) is 9.05 Å². The number of aliphatic hydroxyl groups excluding tert-OH is 1. The summed E-state index contributed by atoms with van der Waals surface area (Å²) in [4.78, 5) is 25.5. The van der Waals surface area contributed by atoms with Crippen molar-refractivity contribution >= 4 is 13.7 Å². The Morgan fingerprint density at radius 2 is 0.836 bits per heavy atom. The molecule has 0 saturated heterocycles. The van der Waals surface area contributed by atoms with Crippen LogP contribution in [0.1, 0.15) is 277 Å². The van der Waals surface area contributed by atoms with Gasteiger partial charge in [-0.05, 0) is 57.8 Å². The van der Waals surface area contributed by atoms with Gasteiger partial charge >= 0.3 is 0 Å². The number of hydrogen-bond acceptors (Lipinski definition) is 6. The summed E-state index contributed by atoms with van der Waals surface area (Å²) in [7, 11) is 1.25. The predicted octanol–water partition coefficient (Wildman–Crippen LogP) is 16.7. The Labute approximate surface area is 417 Å². The molecule has 0 aromatic heterocycles. The number of nitrogens with one attached hydrogen (secondary N) is 1. The number of hydrogen-bond donors (Lipinski definition) is 2. The van der Waals surface area contributed by atoms with Gasteiger partial charge in [0.15, 0.2) is 0 Å². The highest BCUT2D eigenvalue weighted by Gasteiger charge is 2.23. The van der Waals surface area contributed by atoms with Gasteiger partial charge in [0.05, 0.1) is 39.9 Å². The molecule has 3 unspecified atom stereocenters. The van der Waals surface area contributed by atoms with Crippen LogP contribution in [0.3, 0.4) is 0 Å². The maximum absolute atomic E-state index is 12.9. The fourth-order valence-corrected chi connectivity index (χ4v) is 9.24. The number of likely N-dealkylation sites (N-methyl/N-ethyl adjacent to an activating group) is 1. The first-order valence-electron chi connectivity index (χ1n) is 28.9. The third kappa shape index (κ3) is 52.4. The van der Waals surface area contributed by atoms with Gasteiger partial charge in [-0.2, -0.15) is 0 Å². The van der Waals surface area contributed by atoms with Crippen molar-refractivity contribution in [2.75, 3.05) is 40.9 Å². The molecule has 0 saturated carbocycles.